The molecule has 1 aliphatic heterocycles. The fraction of sp³-hybridized carbons (Fsp3) is 1.00. The first-order valence-electron chi connectivity index (χ1n) is 3.02. The van der Waals surface area contributed by atoms with E-state index < -0.39 is 0 Å². The van der Waals surface area contributed by atoms with E-state index in [1.54, 1.807) is 7.11 Å². The molecule has 0 aromatic carbocycles. The molecule has 0 bridgehead atoms. The van der Waals surface area contributed by atoms with Gasteiger partial charge in [-0.05, 0) is 0 Å². The van der Waals surface area contributed by atoms with E-state index in [1.807, 2.05) is 0 Å². The van der Waals surface area contributed by atoms with Gasteiger partial charge in [0.2, 0.25) is 0 Å². The van der Waals surface area contributed by atoms with Crippen molar-refractivity contribution in [3.63, 3.8) is 0 Å². The largest absolute Gasteiger partial charge is 0.378 e. The van der Waals surface area contributed by atoms with Crippen LogP contribution >= 0.6 is 15.9 Å². The first kappa shape index (κ1) is 7.51. The lowest BCUT2D eigenvalue weighted by Crippen LogP contribution is -2.33. The lowest BCUT2D eigenvalue weighted by molar-refractivity contribution is 0.00330. The molecule has 0 radical (unpaired) electrons. The molecular formula is C6H11BrO2. The first-order valence-corrected chi connectivity index (χ1v) is 4.14. The molecule has 1 heterocycles. The Balaban J connectivity index is 2.45. The van der Waals surface area contributed by atoms with Crippen molar-refractivity contribution in [1.29, 1.82) is 0 Å². The van der Waals surface area contributed by atoms with Gasteiger partial charge in [0, 0.05) is 25.5 Å². The topological polar surface area (TPSA) is 18.5 Å². The Morgan fingerprint density at radius 3 is 2.78 bits per heavy atom. The van der Waals surface area contributed by atoms with Gasteiger partial charge in [0.05, 0.1) is 6.61 Å². The molecule has 3 heteroatoms. The van der Waals surface area contributed by atoms with Gasteiger partial charge in [-0.1, -0.05) is 15.9 Å². The smallest absolute Gasteiger partial charge is 0.103 e. The molecule has 0 saturated carbocycles. The highest BCUT2D eigenvalue weighted by molar-refractivity contribution is 9.09. The second kappa shape index (κ2) is 2.99. The number of alkyl halides is 1. The minimum absolute atomic E-state index is 0.0278. The Morgan fingerprint density at radius 2 is 2.56 bits per heavy atom. The molecule has 1 saturated heterocycles. The van der Waals surface area contributed by atoms with Crippen LogP contribution in [0.5, 0.6) is 0 Å². The fourth-order valence-corrected chi connectivity index (χ4v) is 1.58. The summed E-state index contributed by atoms with van der Waals surface area (Å²) < 4.78 is 10.5. The minimum atomic E-state index is -0.0278. The Morgan fingerprint density at radius 1 is 1.78 bits per heavy atom. The van der Waals surface area contributed by atoms with Crippen LogP contribution in [-0.4, -0.2) is 31.3 Å². The molecule has 9 heavy (non-hydrogen) atoms. The molecule has 0 N–H and O–H groups in total. The highest BCUT2D eigenvalue weighted by Crippen LogP contribution is 2.23. The standard InChI is InChI=1S/C6H11BrO2/c1-8-6(4-7)2-3-9-5-6/h2-5H2,1H3. The van der Waals surface area contributed by atoms with E-state index >= 15 is 0 Å². The van der Waals surface area contributed by atoms with Crippen LogP contribution in [0.4, 0.5) is 0 Å². The molecular weight excluding hydrogens is 184 g/mol. The van der Waals surface area contributed by atoms with E-state index in [9.17, 15) is 0 Å². The van der Waals surface area contributed by atoms with E-state index in [4.69, 9.17) is 9.47 Å². The number of rotatable bonds is 2. The third-order valence-electron chi connectivity index (χ3n) is 1.74. The van der Waals surface area contributed by atoms with Crippen molar-refractivity contribution >= 4 is 15.9 Å². The highest BCUT2D eigenvalue weighted by Gasteiger charge is 2.33. The zero-order valence-corrected chi connectivity index (χ0v) is 7.11. The van der Waals surface area contributed by atoms with E-state index in [-0.39, 0.29) is 5.60 Å². The Hall–Kier alpha value is 0.400. The van der Waals surface area contributed by atoms with Crippen LogP contribution in [0, 0.1) is 0 Å². The highest BCUT2D eigenvalue weighted by atomic mass is 79.9. The lowest BCUT2D eigenvalue weighted by atomic mass is 10.1. The number of methoxy groups -OCH3 is 1. The summed E-state index contributed by atoms with van der Waals surface area (Å²) in [6.07, 6.45) is 1.01. The predicted molar refractivity (Wildman–Crippen MR) is 39.0 cm³/mol. The van der Waals surface area contributed by atoms with Crippen molar-refractivity contribution in [3.05, 3.63) is 0 Å². The lowest BCUT2D eigenvalue weighted by Gasteiger charge is -2.21. The summed E-state index contributed by atoms with van der Waals surface area (Å²) in [7, 11) is 1.73. The zero-order valence-electron chi connectivity index (χ0n) is 5.52. The van der Waals surface area contributed by atoms with Gasteiger partial charge >= 0.3 is 0 Å². The molecule has 1 rings (SSSR count). The Labute approximate surface area is 63.7 Å². The van der Waals surface area contributed by atoms with Crippen LogP contribution in [0.15, 0.2) is 0 Å². The summed E-state index contributed by atoms with van der Waals surface area (Å²) in [5.41, 5.74) is -0.0278. The molecule has 0 aromatic heterocycles. The molecule has 0 aromatic rings. The first-order chi connectivity index (χ1) is 4.33. The van der Waals surface area contributed by atoms with Crippen LogP contribution in [0.2, 0.25) is 0 Å². The van der Waals surface area contributed by atoms with Gasteiger partial charge in [0.1, 0.15) is 5.60 Å². The average molecular weight is 195 g/mol. The monoisotopic (exact) mass is 194 g/mol. The molecule has 1 fully saturated rings. The van der Waals surface area contributed by atoms with Crippen molar-refractivity contribution in [2.24, 2.45) is 0 Å². The van der Waals surface area contributed by atoms with Gasteiger partial charge in [0.25, 0.3) is 0 Å². The van der Waals surface area contributed by atoms with E-state index in [0.717, 1.165) is 25.0 Å². The summed E-state index contributed by atoms with van der Waals surface area (Å²) in [4.78, 5) is 0. The summed E-state index contributed by atoms with van der Waals surface area (Å²) in [6.45, 7) is 1.56. The van der Waals surface area contributed by atoms with Crippen molar-refractivity contribution in [3.8, 4) is 0 Å². The van der Waals surface area contributed by atoms with Gasteiger partial charge in [0.15, 0.2) is 0 Å². The van der Waals surface area contributed by atoms with Crippen molar-refractivity contribution in [2.75, 3.05) is 25.7 Å². The summed E-state index contributed by atoms with van der Waals surface area (Å²) >= 11 is 3.39. The maximum absolute atomic E-state index is 5.28. The fourth-order valence-electron chi connectivity index (χ4n) is 0.909. The van der Waals surface area contributed by atoms with Gasteiger partial charge in [-0.15, -0.1) is 0 Å². The predicted octanol–water partition coefficient (Wildman–Crippen LogP) is 1.19. The van der Waals surface area contributed by atoms with Gasteiger partial charge < -0.3 is 9.47 Å². The summed E-state index contributed by atoms with van der Waals surface area (Å²) in [5.74, 6) is 0. The number of halogens is 1. The van der Waals surface area contributed by atoms with Crippen LogP contribution in [-0.2, 0) is 9.47 Å². The number of hydrogen-bond acceptors (Lipinski definition) is 2. The maximum atomic E-state index is 5.28. The molecule has 0 aliphatic carbocycles. The summed E-state index contributed by atoms with van der Waals surface area (Å²) in [5, 5.41) is 0.872. The SMILES string of the molecule is COC1(CBr)CCOC1. The van der Waals surface area contributed by atoms with Crippen LogP contribution in [0.25, 0.3) is 0 Å². The minimum Gasteiger partial charge on any atom is -0.378 e. The van der Waals surface area contributed by atoms with Crippen LogP contribution < -0.4 is 0 Å². The van der Waals surface area contributed by atoms with Gasteiger partial charge in [-0.2, -0.15) is 0 Å². The third-order valence-corrected chi connectivity index (χ3v) is 2.77. The van der Waals surface area contributed by atoms with E-state index in [1.165, 1.54) is 0 Å². The van der Waals surface area contributed by atoms with E-state index in [2.05, 4.69) is 15.9 Å². The second-order valence-corrected chi connectivity index (χ2v) is 2.88. The molecule has 1 atom stereocenters. The molecule has 0 amide bonds. The molecule has 1 unspecified atom stereocenters. The normalized spacial score (nSPS) is 35.3. The molecule has 0 spiro atoms. The second-order valence-electron chi connectivity index (χ2n) is 2.32. The molecule has 1 aliphatic rings. The number of hydrogen-bond donors (Lipinski definition) is 0. The Bertz CT molecular complexity index is 83.1. The van der Waals surface area contributed by atoms with Crippen molar-refractivity contribution in [1.82, 2.24) is 0 Å². The zero-order chi connectivity index (χ0) is 6.74. The average Bonchev–Trinajstić information content (AvgIpc) is 2.36. The quantitative estimate of drug-likeness (QED) is 0.616. The molecule has 2 nitrogen and oxygen atoms in total. The van der Waals surface area contributed by atoms with Crippen molar-refractivity contribution < 1.29 is 9.47 Å². The van der Waals surface area contributed by atoms with Crippen LogP contribution in [0.3, 0.4) is 0 Å². The maximum Gasteiger partial charge on any atom is 0.103 e. The molecule has 54 valence electrons. The van der Waals surface area contributed by atoms with Gasteiger partial charge in [-0.25, -0.2) is 0 Å². The van der Waals surface area contributed by atoms with Crippen molar-refractivity contribution in [2.45, 2.75) is 12.0 Å². The Kier molecular flexibility index (Phi) is 2.50. The van der Waals surface area contributed by atoms with E-state index in [0.29, 0.717) is 0 Å². The third kappa shape index (κ3) is 1.45. The summed E-state index contributed by atoms with van der Waals surface area (Å²) in [6, 6.07) is 0. The van der Waals surface area contributed by atoms with Gasteiger partial charge in [-0.3, -0.25) is 0 Å². The van der Waals surface area contributed by atoms with Crippen LogP contribution in [0.1, 0.15) is 6.42 Å². The number of ether oxygens (including phenoxy) is 2.